The van der Waals surface area contributed by atoms with Gasteiger partial charge < -0.3 is 9.73 Å². The zero-order valence-electron chi connectivity index (χ0n) is 17.0. The number of nitrogens with one attached hydrogen (secondary N) is 2. The molecule has 2 aromatic carbocycles. The van der Waals surface area contributed by atoms with Crippen LogP contribution in [0.1, 0.15) is 35.0 Å². The molecule has 8 heteroatoms. The normalized spacial score (nSPS) is 15.5. The lowest BCUT2D eigenvalue weighted by atomic mass is 10.1. The van der Waals surface area contributed by atoms with Crippen molar-refractivity contribution in [2.45, 2.75) is 23.8 Å². The number of carbonyl (C=O) groups is 1. The van der Waals surface area contributed by atoms with Crippen molar-refractivity contribution in [1.82, 2.24) is 10.2 Å². The first-order valence-corrected chi connectivity index (χ1v) is 11.7. The number of likely N-dealkylation sites (tertiary alicyclic amines) is 1. The molecule has 1 saturated heterocycles. The summed E-state index contributed by atoms with van der Waals surface area (Å²) in [7, 11) is -3.72. The van der Waals surface area contributed by atoms with E-state index in [0.717, 1.165) is 31.7 Å². The van der Waals surface area contributed by atoms with Gasteiger partial charge in [0.2, 0.25) is 0 Å². The van der Waals surface area contributed by atoms with Gasteiger partial charge in [-0.3, -0.25) is 14.4 Å². The minimum Gasteiger partial charge on any atom is -0.468 e. The van der Waals surface area contributed by atoms with Crippen LogP contribution in [0.5, 0.6) is 0 Å². The lowest BCUT2D eigenvalue weighted by molar-refractivity contribution is 0.0934. The van der Waals surface area contributed by atoms with Gasteiger partial charge in [0.1, 0.15) is 5.76 Å². The van der Waals surface area contributed by atoms with Gasteiger partial charge in [-0.05, 0) is 68.4 Å². The van der Waals surface area contributed by atoms with Gasteiger partial charge in [-0.15, -0.1) is 0 Å². The number of sulfonamides is 1. The zero-order valence-corrected chi connectivity index (χ0v) is 17.8. The van der Waals surface area contributed by atoms with Crippen molar-refractivity contribution in [2.24, 2.45) is 0 Å². The van der Waals surface area contributed by atoms with Gasteiger partial charge in [0.05, 0.1) is 17.2 Å². The number of benzene rings is 2. The summed E-state index contributed by atoms with van der Waals surface area (Å²) in [5.74, 6) is 0.558. The fourth-order valence-corrected chi connectivity index (χ4v) is 4.84. The molecule has 0 bridgehead atoms. The zero-order chi connectivity index (χ0) is 21.7. The molecular weight excluding hydrogens is 414 g/mol. The molecule has 0 radical (unpaired) electrons. The second kappa shape index (κ2) is 9.36. The average molecular weight is 440 g/mol. The van der Waals surface area contributed by atoms with Crippen molar-refractivity contribution in [3.05, 3.63) is 84.3 Å². The second-order valence-electron chi connectivity index (χ2n) is 7.48. The molecule has 1 aliphatic rings. The van der Waals surface area contributed by atoms with Crippen molar-refractivity contribution in [3.63, 3.8) is 0 Å². The third-order valence-corrected chi connectivity index (χ3v) is 6.74. The summed E-state index contributed by atoms with van der Waals surface area (Å²) in [6, 6.07) is 18.3. The van der Waals surface area contributed by atoms with E-state index in [0.29, 0.717) is 17.8 Å². The van der Waals surface area contributed by atoms with Crippen molar-refractivity contribution in [3.8, 4) is 0 Å². The standard InChI is InChI=1S/C23H25N3O4S/c27-23(24-17-21(22-12-7-15-30-22)26-13-4-5-14-26)18-8-6-9-19(16-18)25-31(28,29)20-10-2-1-3-11-20/h1-3,6-12,15-16,21,25H,4-5,13-14,17H2,(H,24,27)/t21-/m1/s1. The molecule has 162 valence electrons. The maximum atomic E-state index is 12.8. The maximum absolute atomic E-state index is 12.8. The molecule has 1 aromatic heterocycles. The van der Waals surface area contributed by atoms with Gasteiger partial charge in [0.25, 0.3) is 15.9 Å². The average Bonchev–Trinajstić information content (AvgIpc) is 3.49. The van der Waals surface area contributed by atoms with Gasteiger partial charge in [-0.25, -0.2) is 8.42 Å². The number of hydrogen-bond donors (Lipinski definition) is 2. The highest BCUT2D eigenvalue weighted by molar-refractivity contribution is 7.92. The van der Waals surface area contributed by atoms with E-state index < -0.39 is 10.0 Å². The molecule has 31 heavy (non-hydrogen) atoms. The molecular formula is C23H25N3O4S. The quantitative estimate of drug-likeness (QED) is 0.559. The fourth-order valence-electron chi connectivity index (χ4n) is 3.77. The van der Waals surface area contributed by atoms with E-state index in [4.69, 9.17) is 4.42 Å². The second-order valence-corrected chi connectivity index (χ2v) is 9.17. The smallest absolute Gasteiger partial charge is 0.261 e. The van der Waals surface area contributed by atoms with E-state index in [1.165, 1.54) is 18.2 Å². The Labute approximate surface area is 182 Å². The summed E-state index contributed by atoms with van der Waals surface area (Å²) < 4.78 is 33.2. The number of hydrogen-bond acceptors (Lipinski definition) is 5. The highest BCUT2D eigenvalue weighted by Gasteiger charge is 2.26. The molecule has 3 aromatic rings. The van der Waals surface area contributed by atoms with Gasteiger partial charge in [-0.2, -0.15) is 0 Å². The lowest BCUT2D eigenvalue weighted by Crippen LogP contribution is -2.36. The van der Waals surface area contributed by atoms with Gasteiger partial charge in [0.15, 0.2) is 0 Å². The molecule has 1 fully saturated rings. The van der Waals surface area contributed by atoms with Crippen LogP contribution in [0, 0.1) is 0 Å². The Kier molecular flexibility index (Phi) is 6.39. The highest BCUT2D eigenvalue weighted by atomic mass is 32.2. The van der Waals surface area contributed by atoms with E-state index in [1.54, 1.807) is 42.7 Å². The molecule has 1 amide bonds. The third kappa shape index (κ3) is 5.15. The molecule has 2 N–H and O–H groups in total. The number of furan rings is 1. The first-order chi connectivity index (χ1) is 15.0. The summed E-state index contributed by atoms with van der Waals surface area (Å²) in [5, 5.41) is 2.97. The van der Waals surface area contributed by atoms with E-state index in [9.17, 15) is 13.2 Å². The van der Waals surface area contributed by atoms with Crippen LogP contribution in [0.25, 0.3) is 0 Å². The Bertz CT molecular complexity index is 1110. The van der Waals surface area contributed by atoms with Crippen molar-refractivity contribution in [2.75, 3.05) is 24.4 Å². The first kappa shape index (κ1) is 21.1. The molecule has 0 spiro atoms. The van der Waals surface area contributed by atoms with Crippen LogP contribution in [0.15, 0.2) is 82.3 Å². The van der Waals surface area contributed by atoms with E-state index >= 15 is 0 Å². The van der Waals surface area contributed by atoms with E-state index in [1.807, 2.05) is 12.1 Å². The van der Waals surface area contributed by atoms with Gasteiger partial charge in [0, 0.05) is 17.8 Å². The van der Waals surface area contributed by atoms with Crippen molar-refractivity contribution < 1.29 is 17.6 Å². The largest absolute Gasteiger partial charge is 0.468 e. The predicted molar refractivity (Wildman–Crippen MR) is 118 cm³/mol. The van der Waals surface area contributed by atoms with Crippen molar-refractivity contribution >= 4 is 21.6 Å². The minimum atomic E-state index is -3.72. The Hall–Kier alpha value is -3.10. The van der Waals surface area contributed by atoms with Crippen LogP contribution in [0.4, 0.5) is 5.69 Å². The lowest BCUT2D eigenvalue weighted by Gasteiger charge is -2.26. The molecule has 7 nitrogen and oxygen atoms in total. The Morgan fingerprint density at radius 1 is 1.00 bits per heavy atom. The van der Waals surface area contributed by atoms with Gasteiger partial charge in [-0.1, -0.05) is 24.3 Å². The van der Waals surface area contributed by atoms with Crippen LogP contribution < -0.4 is 10.0 Å². The summed E-state index contributed by atoms with van der Waals surface area (Å²) in [4.78, 5) is 15.3. The topological polar surface area (TPSA) is 91.7 Å². The fraction of sp³-hybridized carbons (Fsp3) is 0.261. The molecule has 0 unspecified atom stereocenters. The molecule has 4 rings (SSSR count). The summed E-state index contributed by atoms with van der Waals surface area (Å²) in [6.07, 6.45) is 3.91. The molecule has 1 atom stereocenters. The van der Waals surface area contributed by atoms with Crippen molar-refractivity contribution in [1.29, 1.82) is 0 Å². The first-order valence-electron chi connectivity index (χ1n) is 10.3. The number of amides is 1. The summed E-state index contributed by atoms with van der Waals surface area (Å²) >= 11 is 0. The number of rotatable bonds is 8. The van der Waals surface area contributed by atoms with Crippen LogP contribution >= 0.6 is 0 Å². The number of anilines is 1. The Balaban J connectivity index is 1.44. The third-order valence-electron chi connectivity index (χ3n) is 5.34. The Morgan fingerprint density at radius 3 is 2.48 bits per heavy atom. The minimum absolute atomic E-state index is 0.0267. The summed E-state index contributed by atoms with van der Waals surface area (Å²) in [5.41, 5.74) is 0.714. The maximum Gasteiger partial charge on any atom is 0.261 e. The Morgan fingerprint density at radius 2 is 1.77 bits per heavy atom. The summed E-state index contributed by atoms with van der Waals surface area (Å²) in [6.45, 7) is 2.35. The number of nitrogens with zero attached hydrogens (tertiary/aromatic N) is 1. The molecule has 0 aliphatic carbocycles. The van der Waals surface area contributed by atoms with Gasteiger partial charge >= 0.3 is 0 Å². The van der Waals surface area contributed by atoms with Crippen LogP contribution in [-0.2, 0) is 10.0 Å². The predicted octanol–water partition coefficient (Wildman–Crippen LogP) is 3.65. The monoisotopic (exact) mass is 439 g/mol. The highest BCUT2D eigenvalue weighted by Crippen LogP contribution is 2.25. The molecule has 1 aliphatic heterocycles. The molecule has 0 saturated carbocycles. The van der Waals surface area contributed by atoms with Crippen LogP contribution in [0.2, 0.25) is 0 Å². The van der Waals surface area contributed by atoms with Crippen LogP contribution in [-0.4, -0.2) is 38.9 Å². The van der Waals surface area contributed by atoms with E-state index in [-0.39, 0.29) is 16.8 Å². The number of carbonyl (C=O) groups excluding carboxylic acids is 1. The molecule has 2 heterocycles. The van der Waals surface area contributed by atoms with Crippen LogP contribution in [0.3, 0.4) is 0 Å². The SMILES string of the molecule is O=C(NC[C@H](c1ccco1)N1CCCC1)c1cccc(NS(=O)(=O)c2ccccc2)c1. The van der Waals surface area contributed by atoms with E-state index in [2.05, 4.69) is 14.9 Å².